The first-order valence-electron chi connectivity index (χ1n) is 11.9. The average Bonchev–Trinajstić information content (AvgIpc) is 3.18. The highest BCUT2D eigenvalue weighted by Gasteiger charge is 2.39. The molecule has 3 aromatic rings. The molecule has 192 valence electrons. The summed E-state index contributed by atoms with van der Waals surface area (Å²) in [5.74, 6) is 1.71. The van der Waals surface area contributed by atoms with Crippen molar-refractivity contribution in [3.05, 3.63) is 78.4 Å². The number of methoxy groups -OCH3 is 2. The van der Waals surface area contributed by atoms with Crippen LogP contribution in [0.2, 0.25) is 0 Å². The van der Waals surface area contributed by atoms with Gasteiger partial charge in [-0.15, -0.1) is 0 Å². The van der Waals surface area contributed by atoms with Crippen LogP contribution in [-0.2, 0) is 16.1 Å². The molecule has 2 amide bonds. The minimum Gasteiger partial charge on any atom is -0.497 e. The number of nitrogens with one attached hydrogen (secondary N) is 1. The number of amides is 2. The van der Waals surface area contributed by atoms with E-state index in [0.717, 1.165) is 17.1 Å². The maximum absolute atomic E-state index is 13.4. The van der Waals surface area contributed by atoms with Crippen LogP contribution in [0.15, 0.2) is 77.8 Å². The third-order valence-electron chi connectivity index (χ3n) is 5.62. The van der Waals surface area contributed by atoms with Crippen molar-refractivity contribution in [2.24, 2.45) is 4.99 Å². The second-order valence-electron chi connectivity index (χ2n) is 8.18. The number of carbonyl (C=O) groups excluding carboxylic acids is 2. The molecule has 8 nitrogen and oxygen atoms in total. The Hall–Kier alpha value is -3.98. The molecule has 0 saturated carbocycles. The molecule has 1 saturated heterocycles. The molecule has 1 aliphatic heterocycles. The van der Waals surface area contributed by atoms with Gasteiger partial charge in [-0.3, -0.25) is 14.5 Å². The van der Waals surface area contributed by atoms with E-state index in [1.54, 1.807) is 31.3 Å². The zero-order valence-electron chi connectivity index (χ0n) is 21.0. The van der Waals surface area contributed by atoms with Crippen molar-refractivity contribution < 1.29 is 23.8 Å². The number of ether oxygens (including phenoxy) is 3. The minimum absolute atomic E-state index is 0.0170. The van der Waals surface area contributed by atoms with Gasteiger partial charge in [0.1, 0.15) is 22.5 Å². The largest absolute Gasteiger partial charge is 0.497 e. The summed E-state index contributed by atoms with van der Waals surface area (Å²) in [4.78, 5) is 32.6. The molecule has 1 aliphatic rings. The maximum atomic E-state index is 13.4. The SMILES string of the molecule is CCOc1cccc(NC(=O)C[C@H]2SC(=Nc3ccc(OC)cc3)N(Cc3ccc(OC)cc3)C2=O)c1. The minimum atomic E-state index is -0.592. The van der Waals surface area contributed by atoms with Crippen molar-refractivity contribution >= 4 is 40.1 Å². The number of nitrogens with zero attached hydrogens (tertiary/aromatic N) is 2. The van der Waals surface area contributed by atoms with Gasteiger partial charge in [0.15, 0.2) is 5.17 Å². The van der Waals surface area contributed by atoms with E-state index in [1.165, 1.54) is 11.8 Å². The Kier molecular flexibility index (Phi) is 8.68. The number of anilines is 1. The third-order valence-corrected chi connectivity index (χ3v) is 6.79. The van der Waals surface area contributed by atoms with Crippen LogP contribution in [0.1, 0.15) is 18.9 Å². The van der Waals surface area contributed by atoms with Crippen molar-refractivity contribution in [3.63, 3.8) is 0 Å². The van der Waals surface area contributed by atoms with Crippen LogP contribution >= 0.6 is 11.8 Å². The van der Waals surface area contributed by atoms with Crippen LogP contribution in [-0.4, -0.2) is 48.0 Å². The van der Waals surface area contributed by atoms with Crippen molar-refractivity contribution in [3.8, 4) is 17.2 Å². The maximum Gasteiger partial charge on any atom is 0.242 e. The zero-order valence-corrected chi connectivity index (χ0v) is 21.8. The van der Waals surface area contributed by atoms with Crippen LogP contribution in [0.4, 0.5) is 11.4 Å². The Labute approximate surface area is 220 Å². The van der Waals surface area contributed by atoms with Crippen LogP contribution in [0.25, 0.3) is 0 Å². The van der Waals surface area contributed by atoms with Gasteiger partial charge < -0.3 is 19.5 Å². The summed E-state index contributed by atoms with van der Waals surface area (Å²) >= 11 is 1.29. The number of thioether (sulfide) groups is 1. The Balaban J connectivity index is 1.52. The van der Waals surface area contributed by atoms with E-state index in [9.17, 15) is 9.59 Å². The van der Waals surface area contributed by atoms with Gasteiger partial charge in [-0.2, -0.15) is 0 Å². The lowest BCUT2D eigenvalue weighted by Crippen LogP contribution is -2.33. The topological polar surface area (TPSA) is 89.5 Å². The fraction of sp³-hybridized carbons (Fsp3) is 0.250. The van der Waals surface area contributed by atoms with Crippen LogP contribution in [0.3, 0.4) is 0 Å². The van der Waals surface area contributed by atoms with Crippen LogP contribution < -0.4 is 19.5 Å². The summed E-state index contributed by atoms with van der Waals surface area (Å²) in [6.07, 6.45) is 0.0170. The number of hydrogen-bond donors (Lipinski definition) is 1. The molecule has 3 aromatic carbocycles. The van der Waals surface area contributed by atoms with E-state index in [-0.39, 0.29) is 18.2 Å². The molecule has 1 heterocycles. The predicted molar refractivity (Wildman–Crippen MR) is 146 cm³/mol. The van der Waals surface area contributed by atoms with Gasteiger partial charge in [0.2, 0.25) is 11.8 Å². The van der Waals surface area contributed by atoms with E-state index in [2.05, 4.69) is 5.32 Å². The first kappa shape index (κ1) is 26.1. The van der Waals surface area contributed by atoms with Gasteiger partial charge in [-0.25, -0.2) is 4.99 Å². The lowest BCUT2D eigenvalue weighted by molar-refractivity contribution is -0.128. The average molecular weight is 520 g/mol. The number of carbonyl (C=O) groups is 2. The molecule has 0 aliphatic carbocycles. The van der Waals surface area contributed by atoms with Crippen LogP contribution in [0.5, 0.6) is 17.2 Å². The van der Waals surface area contributed by atoms with Gasteiger partial charge in [0, 0.05) is 18.2 Å². The quantitative estimate of drug-likeness (QED) is 0.393. The van der Waals surface area contributed by atoms with Gasteiger partial charge in [-0.05, 0) is 61.0 Å². The number of rotatable bonds is 10. The molecule has 0 bridgehead atoms. The Bertz CT molecular complexity index is 1260. The summed E-state index contributed by atoms with van der Waals surface area (Å²) in [5, 5.41) is 2.82. The Morgan fingerprint density at radius 2 is 1.65 bits per heavy atom. The number of benzene rings is 3. The Morgan fingerprint density at radius 1 is 0.973 bits per heavy atom. The van der Waals surface area contributed by atoms with Crippen LogP contribution in [0, 0.1) is 0 Å². The second kappa shape index (κ2) is 12.3. The van der Waals surface area contributed by atoms with Gasteiger partial charge in [0.05, 0.1) is 33.1 Å². The predicted octanol–water partition coefficient (Wildman–Crippen LogP) is 5.26. The molecular weight excluding hydrogens is 490 g/mol. The van der Waals surface area contributed by atoms with E-state index in [1.807, 2.05) is 67.6 Å². The van der Waals surface area contributed by atoms with E-state index >= 15 is 0 Å². The number of aliphatic imine (C=N–C) groups is 1. The van der Waals surface area contributed by atoms with Crippen molar-refractivity contribution in [2.45, 2.75) is 25.1 Å². The normalized spacial score (nSPS) is 16.1. The highest BCUT2D eigenvalue weighted by molar-refractivity contribution is 8.15. The molecular formula is C28H29N3O5S. The summed E-state index contributed by atoms with van der Waals surface area (Å²) in [6, 6.07) is 22.0. The first-order valence-corrected chi connectivity index (χ1v) is 12.7. The molecule has 9 heteroatoms. The van der Waals surface area contributed by atoms with Crippen molar-refractivity contribution in [1.82, 2.24) is 4.90 Å². The third kappa shape index (κ3) is 6.83. The standard InChI is InChI=1S/C28H29N3O5S/c1-4-36-24-7-5-6-21(16-24)29-26(32)17-25-27(33)31(18-19-8-12-22(34-2)13-9-19)28(37-25)30-20-10-14-23(35-3)15-11-20/h5-16,25H,4,17-18H2,1-3H3,(H,29,32)/t25-/m1/s1. The fourth-order valence-electron chi connectivity index (χ4n) is 3.76. The molecule has 1 N–H and O–H groups in total. The van der Waals surface area contributed by atoms with Crippen molar-refractivity contribution in [1.29, 1.82) is 0 Å². The molecule has 0 radical (unpaired) electrons. The number of amidine groups is 1. The zero-order chi connectivity index (χ0) is 26.2. The smallest absolute Gasteiger partial charge is 0.242 e. The molecule has 0 unspecified atom stereocenters. The molecule has 0 spiro atoms. The second-order valence-corrected chi connectivity index (χ2v) is 9.35. The highest BCUT2D eigenvalue weighted by Crippen LogP contribution is 2.33. The molecule has 37 heavy (non-hydrogen) atoms. The van der Waals surface area contributed by atoms with Gasteiger partial charge >= 0.3 is 0 Å². The van der Waals surface area contributed by atoms with Gasteiger partial charge in [-0.1, -0.05) is 30.0 Å². The lowest BCUT2D eigenvalue weighted by Gasteiger charge is -2.17. The highest BCUT2D eigenvalue weighted by atomic mass is 32.2. The number of hydrogen-bond acceptors (Lipinski definition) is 7. The summed E-state index contributed by atoms with van der Waals surface area (Å²) < 4.78 is 16.0. The molecule has 1 atom stereocenters. The summed E-state index contributed by atoms with van der Waals surface area (Å²) in [7, 11) is 3.21. The van der Waals surface area contributed by atoms with Crippen molar-refractivity contribution in [2.75, 3.05) is 26.1 Å². The first-order chi connectivity index (χ1) is 18.0. The summed E-state index contributed by atoms with van der Waals surface area (Å²) in [5.41, 5.74) is 2.23. The van der Waals surface area contributed by atoms with E-state index in [4.69, 9.17) is 19.2 Å². The molecule has 4 rings (SSSR count). The summed E-state index contributed by atoms with van der Waals surface area (Å²) in [6.45, 7) is 2.77. The van der Waals surface area contributed by atoms with E-state index in [0.29, 0.717) is 35.4 Å². The molecule has 0 aromatic heterocycles. The van der Waals surface area contributed by atoms with E-state index < -0.39 is 5.25 Å². The monoisotopic (exact) mass is 519 g/mol. The Morgan fingerprint density at radius 3 is 2.30 bits per heavy atom. The molecule has 1 fully saturated rings. The van der Waals surface area contributed by atoms with Gasteiger partial charge in [0.25, 0.3) is 0 Å². The fourth-order valence-corrected chi connectivity index (χ4v) is 4.92. The lowest BCUT2D eigenvalue weighted by atomic mass is 10.2.